The van der Waals surface area contributed by atoms with E-state index in [9.17, 15) is 4.79 Å². The molecule has 2 heterocycles. The smallest absolute Gasteiger partial charge is 0.340 e. The molecule has 0 spiro atoms. The van der Waals surface area contributed by atoms with Crippen LogP contribution >= 0.6 is 0 Å². The van der Waals surface area contributed by atoms with Crippen molar-refractivity contribution in [1.82, 2.24) is 4.98 Å². The molecule has 0 saturated carbocycles. The lowest BCUT2D eigenvalue weighted by atomic mass is 10.0. The van der Waals surface area contributed by atoms with E-state index < -0.39 is 0 Å². The Morgan fingerprint density at radius 3 is 2.91 bits per heavy atom. The van der Waals surface area contributed by atoms with Gasteiger partial charge in [0.25, 0.3) is 0 Å². The molecule has 130 valence electrons. The second-order valence-corrected chi connectivity index (χ2v) is 6.06. The molecule has 1 saturated heterocycles. The van der Waals surface area contributed by atoms with Gasteiger partial charge in [0.05, 0.1) is 18.3 Å². The number of nitrogens with two attached hydrogens (primary N) is 1. The number of hydrogen-bond acceptors (Lipinski definition) is 5. The number of piperidine rings is 1. The fraction of sp³-hybridized carbons (Fsp3) is 0.706. The van der Waals surface area contributed by atoms with Crippen LogP contribution < -0.4 is 10.6 Å². The van der Waals surface area contributed by atoms with Crippen molar-refractivity contribution in [2.75, 3.05) is 31.7 Å². The molecule has 1 aliphatic heterocycles. The zero-order valence-corrected chi connectivity index (χ0v) is 14.4. The highest BCUT2D eigenvalue weighted by Gasteiger charge is 2.28. The quantitative estimate of drug-likeness (QED) is 0.593. The highest BCUT2D eigenvalue weighted by atomic mass is 16.5. The van der Waals surface area contributed by atoms with Gasteiger partial charge < -0.3 is 25.1 Å². The Hall–Kier alpha value is -1.53. The van der Waals surface area contributed by atoms with Gasteiger partial charge in [-0.05, 0) is 25.3 Å². The van der Waals surface area contributed by atoms with Gasteiger partial charge >= 0.3 is 5.97 Å². The van der Waals surface area contributed by atoms with E-state index in [1.165, 1.54) is 0 Å². The highest BCUT2D eigenvalue weighted by Crippen LogP contribution is 2.24. The molecule has 3 N–H and O–H groups in total. The van der Waals surface area contributed by atoms with Gasteiger partial charge in [0, 0.05) is 31.9 Å². The largest absolute Gasteiger partial charge is 0.462 e. The lowest BCUT2D eigenvalue weighted by Crippen LogP contribution is -2.51. The molecular weight excluding hydrogens is 294 g/mol. The number of H-pyrrole nitrogens is 1. The van der Waals surface area contributed by atoms with Crippen molar-refractivity contribution in [3.05, 3.63) is 17.3 Å². The fourth-order valence-electron chi connectivity index (χ4n) is 2.90. The summed E-state index contributed by atoms with van der Waals surface area (Å²) in [4.78, 5) is 17.8. The molecule has 0 radical (unpaired) electrons. The first kappa shape index (κ1) is 17.8. The number of aromatic nitrogens is 1. The van der Waals surface area contributed by atoms with Crippen molar-refractivity contribution in [3.63, 3.8) is 0 Å². The van der Waals surface area contributed by atoms with Crippen molar-refractivity contribution in [2.45, 2.75) is 51.7 Å². The average Bonchev–Trinajstić information content (AvgIpc) is 3.00. The second kappa shape index (κ2) is 8.36. The van der Waals surface area contributed by atoms with Crippen molar-refractivity contribution < 1.29 is 14.3 Å². The number of esters is 1. The Morgan fingerprint density at radius 1 is 1.48 bits per heavy atom. The van der Waals surface area contributed by atoms with Gasteiger partial charge in [0.15, 0.2) is 0 Å². The highest BCUT2D eigenvalue weighted by molar-refractivity contribution is 5.92. The van der Waals surface area contributed by atoms with Crippen LogP contribution in [-0.4, -0.2) is 49.9 Å². The average molecular weight is 323 g/mol. The van der Waals surface area contributed by atoms with Crippen LogP contribution in [0.2, 0.25) is 0 Å². The number of carbonyl (C=O) groups excluding carboxylic acids is 1. The predicted molar refractivity (Wildman–Crippen MR) is 91.0 cm³/mol. The van der Waals surface area contributed by atoms with E-state index in [1.54, 1.807) is 7.11 Å². The van der Waals surface area contributed by atoms with Crippen molar-refractivity contribution in [2.24, 2.45) is 5.73 Å². The number of unbranched alkanes of at least 4 members (excludes halogenated alkanes) is 1. The number of ether oxygens (including phenoxy) is 2. The van der Waals surface area contributed by atoms with E-state index in [0.717, 1.165) is 50.3 Å². The molecule has 0 amide bonds. The number of rotatable bonds is 7. The molecule has 1 aromatic heterocycles. The third-order valence-corrected chi connectivity index (χ3v) is 4.44. The van der Waals surface area contributed by atoms with Gasteiger partial charge in [-0.25, -0.2) is 4.79 Å². The van der Waals surface area contributed by atoms with E-state index in [4.69, 9.17) is 15.2 Å². The zero-order chi connectivity index (χ0) is 16.8. The third-order valence-electron chi connectivity index (χ3n) is 4.44. The normalized spacial score (nSPS) is 21.5. The summed E-state index contributed by atoms with van der Waals surface area (Å²) in [6, 6.07) is 1.96. The number of carbonyl (C=O) groups is 1. The molecule has 6 nitrogen and oxygen atoms in total. The Morgan fingerprint density at radius 2 is 2.26 bits per heavy atom. The van der Waals surface area contributed by atoms with Crippen LogP contribution in [0.3, 0.4) is 0 Å². The number of methoxy groups -OCH3 is 1. The van der Waals surface area contributed by atoms with Gasteiger partial charge in [-0.3, -0.25) is 0 Å². The standard InChI is InChI=1S/C17H29N3O3/c1-4-6-9-23-17(21)12-10-16(19-14(12)5-2)20-8-7-13(18)15(11-20)22-3/h10,13,15,19H,4-9,11,18H2,1-3H3. The van der Waals surface area contributed by atoms with Crippen molar-refractivity contribution in [1.29, 1.82) is 0 Å². The van der Waals surface area contributed by atoms with Crippen LogP contribution in [-0.2, 0) is 15.9 Å². The van der Waals surface area contributed by atoms with Crippen LogP contribution in [0, 0.1) is 0 Å². The van der Waals surface area contributed by atoms with Gasteiger partial charge in [0.2, 0.25) is 0 Å². The maximum atomic E-state index is 12.3. The topological polar surface area (TPSA) is 80.6 Å². The summed E-state index contributed by atoms with van der Waals surface area (Å²) >= 11 is 0. The maximum absolute atomic E-state index is 12.3. The number of nitrogens with one attached hydrogen (secondary N) is 1. The minimum absolute atomic E-state index is 0.0112. The molecule has 0 aliphatic carbocycles. The van der Waals surface area contributed by atoms with Crippen LogP contribution in [0.4, 0.5) is 5.82 Å². The molecule has 1 aromatic rings. The fourth-order valence-corrected chi connectivity index (χ4v) is 2.90. The molecule has 23 heavy (non-hydrogen) atoms. The minimum atomic E-state index is -0.241. The number of aromatic amines is 1. The molecular formula is C17H29N3O3. The Labute approximate surface area is 138 Å². The predicted octanol–water partition coefficient (Wildman–Crippen LogP) is 2.09. The summed E-state index contributed by atoms with van der Waals surface area (Å²) < 4.78 is 10.8. The summed E-state index contributed by atoms with van der Waals surface area (Å²) in [7, 11) is 1.69. The maximum Gasteiger partial charge on any atom is 0.340 e. The van der Waals surface area contributed by atoms with Crippen LogP contribution in [0.5, 0.6) is 0 Å². The molecule has 0 aromatic carbocycles. The van der Waals surface area contributed by atoms with Crippen LogP contribution in [0.15, 0.2) is 6.07 Å². The Balaban J connectivity index is 2.10. The molecule has 1 aliphatic rings. The number of nitrogens with zero attached hydrogens (tertiary/aromatic N) is 1. The van der Waals surface area contributed by atoms with Crippen LogP contribution in [0.25, 0.3) is 0 Å². The number of aryl methyl sites for hydroxylation is 1. The Bertz CT molecular complexity index is 515. The second-order valence-electron chi connectivity index (χ2n) is 6.06. The summed E-state index contributed by atoms with van der Waals surface area (Å²) in [5.41, 5.74) is 7.63. The SMILES string of the molecule is CCCCOC(=O)c1cc(N2CCC(N)C(OC)C2)[nH]c1CC. The zero-order valence-electron chi connectivity index (χ0n) is 14.4. The van der Waals surface area contributed by atoms with Crippen LogP contribution in [0.1, 0.15) is 49.2 Å². The van der Waals surface area contributed by atoms with E-state index in [-0.39, 0.29) is 18.1 Å². The monoisotopic (exact) mass is 323 g/mol. The molecule has 2 atom stereocenters. The first-order valence-electron chi connectivity index (χ1n) is 8.53. The molecule has 6 heteroatoms. The van der Waals surface area contributed by atoms with E-state index in [2.05, 4.69) is 16.8 Å². The van der Waals surface area contributed by atoms with Gasteiger partial charge in [-0.15, -0.1) is 0 Å². The van der Waals surface area contributed by atoms with Crippen molar-refractivity contribution in [3.8, 4) is 0 Å². The van der Waals surface area contributed by atoms with E-state index in [0.29, 0.717) is 12.2 Å². The van der Waals surface area contributed by atoms with E-state index in [1.807, 2.05) is 13.0 Å². The van der Waals surface area contributed by atoms with Crippen molar-refractivity contribution >= 4 is 11.8 Å². The third kappa shape index (κ3) is 4.26. The van der Waals surface area contributed by atoms with Gasteiger partial charge in [0.1, 0.15) is 5.82 Å². The lowest BCUT2D eigenvalue weighted by Gasteiger charge is -2.36. The first-order valence-corrected chi connectivity index (χ1v) is 8.53. The molecule has 0 bridgehead atoms. The molecule has 2 unspecified atom stereocenters. The minimum Gasteiger partial charge on any atom is -0.462 e. The lowest BCUT2D eigenvalue weighted by molar-refractivity contribution is 0.0498. The number of anilines is 1. The summed E-state index contributed by atoms with van der Waals surface area (Å²) in [5, 5.41) is 0. The number of hydrogen-bond donors (Lipinski definition) is 2. The summed E-state index contributed by atoms with van der Waals surface area (Å²) in [5.74, 6) is 0.702. The summed E-state index contributed by atoms with van der Waals surface area (Å²) in [6.07, 6.45) is 3.55. The summed E-state index contributed by atoms with van der Waals surface area (Å²) in [6.45, 7) is 6.17. The first-order chi connectivity index (χ1) is 11.1. The molecule has 1 fully saturated rings. The molecule has 2 rings (SSSR count). The van der Waals surface area contributed by atoms with Gasteiger partial charge in [-0.2, -0.15) is 0 Å². The van der Waals surface area contributed by atoms with Gasteiger partial charge in [-0.1, -0.05) is 20.3 Å². The van der Waals surface area contributed by atoms with E-state index >= 15 is 0 Å². The Kier molecular flexibility index (Phi) is 6.47.